The van der Waals surface area contributed by atoms with Crippen molar-refractivity contribution in [2.75, 3.05) is 0 Å². The molecule has 2 aliphatic heterocycles. The summed E-state index contributed by atoms with van der Waals surface area (Å²) in [5.41, 5.74) is 24.3. The Bertz CT molecular complexity index is 2800. The lowest BCUT2D eigenvalue weighted by Gasteiger charge is -2.36. The number of benzene rings is 7. The molecule has 0 unspecified atom stereocenters. The van der Waals surface area contributed by atoms with Crippen molar-refractivity contribution in [2.24, 2.45) is 0 Å². The highest BCUT2D eigenvalue weighted by molar-refractivity contribution is 7.00. The third-order valence-electron chi connectivity index (χ3n) is 12.4. The van der Waals surface area contributed by atoms with Crippen LogP contribution in [0, 0.1) is 41.5 Å². The minimum Gasteiger partial charge on any atom is -0.308 e. The fourth-order valence-corrected chi connectivity index (χ4v) is 10.8. The first-order chi connectivity index (χ1) is 25.3. The van der Waals surface area contributed by atoms with Crippen LogP contribution in [0.3, 0.4) is 0 Å². The molecule has 7 aromatic carbocycles. The zero-order valence-electron chi connectivity index (χ0n) is 30.6. The molecule has 0 N–H and O–H groups in total. The van der Waals surface area contributed by atoms with Crippen LogP contribution in [0.2, 0.25) is 0 Å². The van der Waals surface area contributed by atoms with Gasteiger partial charge in [0.1, 0.15) is 0 Å². The average molecular weight is 664 g/mol. The van der Waals surface area contributed by atoms with E-state index >= 15 is 0 Å². The molecule has 52 heavy (non-hydrogen) atoms. The van der Waals surface area contributed by atoms with Gasteiger partial charge in [-0.05, 0) is 75.5 Å². The molecule has 4 heterocycles. The van der Waals surface area contributed by atoms with Crippen molar-refractivity contribution in [3.63, 3.8) is 0 Å². The summed E-state index contributed by atoms with van der Waals surface area (Å²) in [7, 11) is 0. The Balaban J connectivity index is 1.40. The molecular formula is C48H38B2N2. The molecule has 0 aliphatic carbocycles. The molecule has 0 bridgehead atoms. The summed E-state index contributed by atoms with van der Waals surface area (Å²) in [5, 5.41) is 5.26. The molecule has 2 aromatic heterocycles. The van der Waals surface area contributed by atoms with E-state index < -0.39 is 0 Å². The first-order valence-electron chi connectivity index (χ1n) is 18.7. The number of rotatable bonds is 2. The van der Waals surface area contributed by atoms with Gasteiger partial charge in [-0.3, -0.25) is 0 Å². The van der Waals surface area contributed by atoms with E-state index in [-0.39, 0.29) is 13.4 Å². The molecule has 0 saturated heterocycles. The molecule has 9 aromatic rings. The van der Waals surface area contributed by atoms with E-state index in [1.165, 1.54) is 121 Å². The molecule has 0 amide bonds. The van der Waals surface area contributed by atoms with E-state index in [9.17, 15) is 0 Å². The summed E-state index contributed by atoms with van der Waals surface area (Å²) in [6.07, 6.45) is 0. The fourth-order valence-electron chi connectivity index (χ4n) is 10.8. The molecule has 4 heteroatoms. The van der Waals surface area contributed by atoms with Gasteiger partial charge in [-0.2, -0.15) is 0 Å². The molecule has 11 rings (SSSR count). The number of para-hydroxylation sites is 4. The van der Waals surface area contributed by atoms with Crippen LogP contribution in [-0.2, 0) is 0 Å². The van der Waals surface area contributed by atoms with Gasteiger partial charge in [0.15, 0.2) is 0 Å². The lowest BCUT2D eigenvalue weighted by atomic mass is 9.32. The number of fused-ring (bicyclic) bond motifs is 11. The summed E-state index contributed by atoms with van der Waals surface area (Å²) < 4.78 is 5.29. The third kappa shape index (κ3) is 3.72. The van der Waals surface area contributed by atoms with Crippen molar-refractivity contribution in [1.82, 2.24) is 9.13 Å². The second-order valence-electron chi connectivity index (χ2n) is 15.6. The highest BCUT2D eigenvalue weighted by Gasteiger charge is 2.42. The van der Waals surface area contributed by atoms with E-state index in [1.807, 2.05) is 0 Å². The predicted molar refractivity (Wildman–Crippen MR) is 226 cm³/mol. The Hall–Kier alpha value is -5.73. The average Bonchev–Trinajstić information content (AvgIpc) is 3.64. The number of hydrogen-bond acceptors (Lipinski definition) is 0. The van der Waals surface area contributed by atoms with E-state index in [1.54, 1.807) is 0 Å². The van der Waals surface area contributed by atoms with Crippen molar-refractivity contribution in [2.45, 2.75) is 41.5 Å². The summed E-state index contributed by atoms with van der Waals surface area (Å²) >= 11 is 0. The van der Waals surface area contributed by atoms with Crippen molar-refractivity contribution in [3.8, 4) is 11.4 Å². The quantitative estimate of drug-likeness (QED) is 0.171. The monoisotopic (exact) mass is 664 g/mol. The highest BCUT2D eigenvalue weighted by Crippen LogP contribution is 2.39. The molecule has 246 valence electrons. The summed E-state index contributed by atoms with van der Waals surface area (Å²) in [4.78, 5) is 0. The van der Waals surface area contributed by atoms with Crippen LogP contribution in [0.1, 0.15) is 33.4 Å². The molecule has 2 nitrogen and oxygen atoms in total. The van der Waals surface area contributed by atoms with Crippen LogP contribution in [0.4, 0.5) is 0 Å². The molecule has 0 atom stereocenters. The maximum absolute atomic E-state index is 2.64. The SMILES string of the molecule is Cc1cc(C)c(B2c3ccc4c(c3-n3c5ccccc5c5cccc2c53)-n2c3ccccc3c3cccc(c32)B4c2c(C)cc(C)cc2C)c(C)c1. The highest BCUT2D eigenvalue weighted by atomic mass is 15.1. The number of nitrogens with zero attached hydrogens (tertiary/aromatic N) is 2. The standard InChI is InChI=1S/C48H38B2N2/c1-27-23-29(3)43(30(4)24-27)49-37-17-11-15-35-33-13-7-9-19-41(33)51(45(35)37)47-39(49)21-22-40-48(47)52-42-20-10-8-14-34(42)36-16-12-18-38(46(36)52)50(40)44-31(5)25-28(2)26-32(44)6/h7-26H,1-6H3. The van der Waals surface area contributed by atoms with E-state index in [2.05, 4.69) is 172 Å². The molecule has 0 fully saturated rings. The Morgan fingerprint density at radius 2 is 0.731 bits per heavy atom. The smallest absolute Gasteiger partial charge is 0.247 e. The minimum absolute atomic E-state index is 0.0946. The zero-order chi connectivity index (χ0) is 35.2. The Morgan fingerprint density at radius 3 is 1.13 bits per heavy atom. The predicted octanol–water partition coefficient (Wildman–Crippen LogP) is 7.39. The zero-order valence-corrected chi connectivity index (χ0v) is 30.6. The summed E-state index contributed by atoms with van der Waals surface area (Å²) in [6, 6.07) is 46.6. The van der Waals surface area contributed by atoms with E-state index in [0.29, 0.717) is 0 Å². The van der Waals surface area contributed by atoms with Gasteiger partial charge in [0, 0.05) is 32.6 Å². The maximum Gasteiger partial charge on any atom is 0.247 e. The van der Waals surface area contributed by atoms with Crippen molar-refractivity contribution in [1.29, 1.82) is 0 Å². The van der Waals surface area contributed by atoms with E-state index in [0.717, 1.165) is 0 Å². The number of aryl methyl sites for hydroxylation is 6. The lowest BCUT2D eigenvalue weighted by molar-refractivity contribution is 1.11. The Kier molecular flexibility index (Phi) is 6.00. The van der Waals surface area contributed by atoms with Crippen LogP contribution in [-0.4, -0.2) is 22.6 Å². The van der Waals surface area contributed by atoms with Gasteiger partial charge in [-0.25, -0.2) is 0 Å². The van der Waals surface area contributed by atoms with Crippen LogP contribution in [0.5, 0.6) is 0 Å². The number of hydrogen-bond donors (Lipinski definition) is 0. The second-order valence-corrected chi connectivity index (χ2v) is 15.6. The van der Waals surface area contributed by atoms with Crippen LogP contribution >= 0.6 is 0 Å². The normalized spacial score (nSPS) is 13.1. The number of aromatic nitrogens is 2. The topological polar surface area (TPSA) is 9.86 Å². The molecule has 2 aliphatic rings. The van der Waals surface area contributed by atoms with Gasteiger partial charge in [-0.1, -0.05) is 154 Å². The lowest BCUT2D eigenvalue weighted by Crippen LogP contribution is -2.61. The fraction of sp³-hybridized carbons (Fsp3) is 0.125. The van der Waals surface area contributed by atoms with Crippen molar-refractivity contribution < 1.29 is 0 Å². The van der Waals surface area contributed by atoms with Crippen molar-refractivity contribution in [3.05, 3.63) is 155 Å². The van der Waals surface area contributed by atoms with Crippen LogP contribution in [0.25, 0.3) is 55.0 Å². The minimum atomic E-state index is 0.0946. The first-order valence-corrected chi connectivity index (χ1v) is 18.7. The Morgan fingerprint density at radius 1 is 0.365 bits per heavy atom. The van der Waals surface area contributed by atoms with Crippen LogP contribution in [0.15, 0.2) is 121 Å². The van der Waals surface area contributed by atoms with Crippen LogP contribution < -0.4 is 32.8 Å². The second kappa shape index (κ2) is 10.4. The molecule has 0 radical (unpaired) electrons. The first kappa shape index (κ1) is 29.9. The van der Waals surface area contributed by atoms with Crippen molar-refractivity contribution >= 4 is 89.8 Å². The van der Waals surface area contributed by atoms with Gasteiger partial charge < -0.3 is 9.13 Å². The van der Waals surface area contributed by atoms with Gasteiger partial charge in [0.25, 0.3) is 0 Å². The maximum atomic E-state index is 2.64. The van der Waals surface area contributed by atoms with Gasteiger partial charge >= 0.3 is 0 Å². The van der Waals surface area contributed by atoms with Gasteiger partial charge in [-0.15, -0.1) is 0 Å². The molecular weight excluding hydrogens is 626 g/mol. The molecule has 0 saturated carbocycles. The summed E-state index contributed by atoms with van der Waals surface area (Å²) in [6.45, 7) is 13.9. The Labute approximate surface area is 305 Å². The van der Waals surface area contributed by atoms with Gasteiger partial charge in [0.05, 0.1) is 22.4 Å². The molecule has 0 spiro atoms. The van der Waals surface area contributed by atoms with Gasteiger partial charge in [0.2, 0.25) is 13.4 Å². The summed E-state index contributed by atoms with van der Waals surface area (Å²) in [5.74, 6) is 0. The van der Waals surface area contributed by atoms with E-state index in [4.69, 9.17) is 0 Å². The third-order valence-corrected chi connectivity index (χ3v) is 12.4. The largest absolute Gasteiger partial charge is 0.308 e.